The molecule has 1 unspecified atom stereocenters. The van der Waals surface area contributed by atoms with Gasteiger partial charge in [0.05, 0.1) is 17.9 Å². The topological polar surface area (TPSA) is 55.1 Å². The van der Waals surface area contributed by atoms with Crippen LogP contribution in [0, 0.1) is 5.92 Å². The van der Waals surface area contributed by atoms with Crippen LogP contribution < -0.4 is 0 Å². The van der Waals surface area contributed by atoms with E-state index in [-0.39, 0.29) is 5.92 Å². The number of aryl methyl sites for hydroxylation is 1. The van der Waals surface area contributed by atoms with Crippen LogP contribution in [0.3, 0.4) is 0 Å². The number of aliphatic carboxylic acids is 1. The molecule has 0 aromatic carbocycles. The molecular formula is C8H9ClN2O2. The van der Waals surface area contributed by atoms with Crippen molar-refractivity contribution in [3.8, 4) is 0 Å². The van der Waals surface area contributed by atoms with E-state index >= 15 is 0 Å². The van der Waals surface area contributed by atoms with Crippen molar-refractivity contribution in [3.05, 3.63) is 17.2 Å². The van der Waals surface area contributed by atoms with Gasteiger partial charge in [-0.15, -0.1) is 0 Å². The van der Waals surface area contributed by atoms with Crippen LogP contribution in [0.1, 0.15) is 12.1 Å². The van der Waals surface area contributed by atoms with E-state index in [0.29, 0.717) is 24.5 Å². The van der Waals surface area contributed by atoms with E-state index < -0.39 is 5.97 Å². The van der Waals surface area contributed by atoms with Crippen molar-refractivity contribution in [1.29, 1.82) is 0 Å². The van der Waals surface area contributed by atoms with Crippen molar-refractivity contribution in [2.45, 2.75) is 19.4 Å². The van der Waals surface area contributed by atoms with Gasteiger partial charge in [-0.3, -0.25) is 4.79 Å². The highest BCUT2D eigenvalue weighted by Gasteiger charge is 2.26. The average Bonchev–Trinajstić information content (AvgIpc) is 2.47. The van der Waals surface area contributed by atoms with E-state index in [9.17, 15) is 4.79 Å². The van der Waals surface area contributed by atoms with Gasteiger partial charge in [0.1, 0.15) is 5.15 Å². The SMILES string of the molecule is O=C(O)C1CCn2cnc(Cl)c2C1. The summed E-state index contributed by atoms with van der Waals surface area (Å²) < 4.78 is 1.92. The summed E-state index contributed by atoms with van der Waals surface area (Å²) >= 11 is 5.80. The molecule has 2 rings (SSSR count). The van der Waals surface area contributed by atoms with Crippen molar-refractivity contribution in [3.63, 3.8) is 0 Å². The summed E-state index contributed by atoms with van der Waals surface area (Å²) in [6, 6.07) is 0. The van der Waals surface area contributed by atoms with Crippen LogP contribution in [-0.4, -0.2) is 20.6 Å². The molecule has 0 bridgehead atoms. The number of fused-ring (bicyclic) bond motifs is 1. The standard InChI is InChI=1S/C8H9ClN2O2/c9-7-6-3-5(8(12)13)1-2-11(6)4-10-7/h4-5H,1-3H2,(H,12,13). The molecule has 1 atom stereocenters. The Balaban J connectivity index is 2.27. The molecule has 0 radical (unpaired) electrons. The summed E-state index contributed by atoms with van der Waals surface area (Å²) in [5.41, 5.74) is 0.848. The van der Waals surface area contributed by atoms with Gasteiger partial charge >= 0.3 is 5.97 Å². The smallest absolute Gasteiger partial charge is 0.306 e. The zero-order valence-electron chi connectivity index (χ0n) is 6.90. The Kier molecular flexibility index (Phi) is 2.00. The Morgan fingerprint density at radius 1 is 1.77 bits per heavy atom. The van der Waals surface area contributed by atoms with E-state index in [2.05, 4.69) is 4.98 Å². The summed E-state index contributed by atoms with van der Waals surface area (Å²) in [5, 5.41) is 9.26. The fourth-order valence-electron chi connectivity index (χ4n) is 1.62. The molecule has 5 heteroatoms. The van der Waals surface area contributed by atoms with Gasteiger partial charge in [-0.1, -0.05) is 11.6 Å². The summed E-state index contributed by atoms with van der Waals surface area (Å²) in [6.07, 6.45) is 2.82. The maximum atomic E-state index is 10.7. The molecule has 1 aromatic rings. The van der Waals surface area contributed by atoms with E-state index in [4.69, 9.17) is 16.7 Å². The first-order valence-corrected chi connectivity index (χ1v) is 4.48. The van der Waals surface area contributed by atoms with E-state index in [1.165, 1.54) is 0 Å². The number of imidazole rings is 1. The second kappa shape index (κ2) is 3.03. The molecule has 0 amide bonds. The van der Waals surface area contributed by atoms with Crippen molar-refractivity contribution in [1.82, 2.24) is 9.55 Å². The fourth-order valence-corrected chi connectivity index (χ4v) is 1.85. The number of carboxylic acid groups (broad SMARTS) is 1. The van der Waals surface area contributed by atoms with Gasteiger partial charge in [0.15, 0.2) is 0 Å². The molecule has 0 saturated carbocycles. The van der Waals surface area contributed by atoms with Crippen LogP contribution in [0.15, 0.2) is 6.33 Å². The van der Waals surface area contributed by atoms with Crippen LogP contribution in [0.5, 0.6) is 0 Å². The summed E-state index contributed by atoms with van der Waals surface area (Å²) in [5.74, 6) is -1.05. The molecule has 13 heavy (non-hydrogen) atoms. The lowest BCUT2D eigenvalue weighted by atomic mass is 9.97. The highest BCUT2D eigenvalue weighted by molar-refractivity contribution is 6.30. The maximum Gasteiger partial charge on any atom is 0.306 e. The van der Waals surface area contributed by atoms with Gasteiger partial charge in [0.25, 0.3) is 0 Å². The van der Waals surface area contributed by atoms with Crippen molar-refractivity contribution in [2.75, 3.05) is 0 Å². The Morgan fingerprint density at radius 3 is 3.23 bits per heavy atom. The predicted octanol–water partition coefficient (Wildman–Crippen LogP) is 1.18. The molecule has 1 N–H and O–H groups in total. The van der Waals surface area contributed by atoms with E-state index in [0.717, 1.165) is 5.69 Å². The zero-order chi connectivity index (χ0) is 9.42. The van der Waals surface area contributed by atoms with Crippen LogP contribution in [-0.2, 0) is 17.8 Å². The van der Waals surface area contributed by atoms with Crippen molar-refractivity contribution in [2.24, 2.45) is 5.92 Å². The molecule has 0 saturated heterocycles. The normalized spacial score (nSPS) is 21.2. The highest BCUT2D eigenvalue weighted by atomic mass is 35.5. The maximum absolute atomic E-state index is 10.7. The summed E-state index contributed by atoms with van der Waals surface area (Å²) in [6.45, 7) is 0.700. The van der Waals surface area contributed by atoms with Crippen molar-refractivity contribution >= 4 is 17.6 Å². The zero-order valence-corrected chi connectivity index (χ0v) is 7.66. The molecule has 70 valence electrons. The van der Waals surface area contributed by atoms with E-state index in [1.807, 2.05) is 4.57 Å². The molecule has 1 aromatic heterocycles. The van der Waals surface area contributed by atoms with Gasteiger partial charge < -0.3 is 9.67 Å². The minimum Gasteiger partial charge on any atom is -0.481 e. The first kappa shape index (κ1) is 8.56. The minimum absolute atomic E-state index is 0.304. The summed E-state index contributed by atoms with van der Waals surface area (Å²) in [7, 11) is 0. The Bertz CT molecular complexity index is 348. The second-order valence-electron chi connectivity index (χ2n) is 3.20. The Morgan fingerprint density at radius 2 is 2.54 bits per heavy atom. The average molecular weight is 201 g/mol. The molecule has 1 aliphatic heterocycles. The number of nitrogens with zero attached hydrogens (tertiary/aromatic N) is 2. The molecule has 4 nitrogen and oxygen atoms in total. The molecular weight excluding hydrogens is 192 g/mol. The number of aromatic nitrogens is 2. The number of halogens is 1. The van der Waals surface area contributed by atoms with Gasteiger partial charge in [-0.05, 0) is 6.42 Å². The van der Waals surface area contributed by atoms with Gasteiger partial charge in [-0.25, -0.2) is 4.98 Å². The quantitative estimate of drug-likeness (QED) is 0.741. The summed E-state index contributed by atoms with van der Waals surface area (Å²) in [4.78, 5) is 14.7. The van der Waals surface area contributed by atoms with Gasteiger partial charge in [0, 0.05) is 13.0 Å². The van der Waals surface area contributed by atoms with Crippen LogP contribution >= 0.6 is 11.6 Å². The van der Waals surface area contributed by atoms with Crippen LogP contribution in [0.25, 0.3) is 0 Å². The fraction of sp³-hybridized carbons (Fsp3) is 0.500. The molecule has 0 fully saturated rings. The third-order valence-electron chi connectivity index (χ3n) is 2.40. The third kappa shape index (κ3) is 1.42. The van der Waals surface area contributed by atoms with E-state index in [1.54, 1.807) is 6.33 Å². The Labute approximate surface area is 80.1 Å². The largest absolute Gasteiger partial charge is 0.481 e. The third-order valence-corrected chi connectivity index (χ3v) is 2.72. The second-order valence-corrected chi connectivity index (χ2v) is 3.56. The van der Waals surface area contributed by atoms with Gasteiger partial charge in [-0.2, -0.15) is 0 Å². The predicted molar refractivity (Wildman–Crippen MR) is 46.7 cm³/mol. The van der Waals surface area contributed by atoms with Crippen LogP contribution in [0.2, 0.25) is 5.15 Å². The molecule has 2 heterocycles. The molecule has 0 aliphatic carbocycles. The minimum atomic E-state index is -0.747. The number of hydrogen-bond donors (Lipinski definition) is 1. The number of rotatable bonds is 1. The first-order valence-electron chi connectivity index (χ1n) is 4.11. The lowest BCUT2D eigenvalue weighted by Gasteiger charge is -2.20. The number of hydrogen-bond acceptors (Lipinski definition) is 2. The lowest BCUT2D eigenvalue weighted by Crippen LogP contribution is -2.24. The van der Waals surface area contributed by atoms with Gasteiger partial charge in [0.2, 0.25) is 0 Å². The molecule has 0 spiro atoms. The Hall–Kier alpha value is -1.03. The lowest BCUT2D eigenvalue weighted by molar-refractivity contribution is -0.142. The number of carbonyl (C=O) groups is 1. The highest BCUT2D eigenvalue weighted by Crippen LogP contribution is 2.25. The van der Waals surface area contributed by atoms with Crippen molar-refractivity contribution < 1.29 is 9.90 Å². The molecule has 1 aliphatic rings. The first-order chi connectivity index (χ1) is 6.18. The number of carboxylic acids is 1. The van der Waals surface area contributed by atoms with Crippen LogP contribution in [0.4, 0.5) is 0 Å². The monoisotopic (exact) mass is 200 g/mol.